The molecule has 0 N–H and O–H groups in total. The van der Waals surface area contributed by atoms with E-state index in [1.807, 2.05) is 18.2 Å². The fourth-order valence-electron chi connectivity index (χ4n) is 2.89. The van der Waals surface area contributed by atoms with Crippen LogP contribution in [0.1, 0.15) is 11.1 Å². The highest BCUT2D eigenvalue weighted by Gasteiger charge is 2.14. The van der Waals surface area contributed by atoms with E-state index in [9.17, 15) is 4.79 Å². The molecule has 1 heterocycles. The second-order valence-electron chi connectivity index (χ2n) is 6.42. The number of hydrogen-bond donors (Lipinski definition) is 0. The Bertz CT molecular complexity index is 1220. The first-order valence-corrected chi connectivity index (χ1v) is 10.4. The maximum Gasteiger partial charge on any atom is 0.266 e. The summed E-state index contributed by atoms with van der Waals surface area (Å²) in [6.45, 7) is 2.06. The molecule has 4 aromatic rings. The molecule has 0 aliphatic carbocycles. The Balaban J connectivity index is 1.84. The van der Waals surface area contributed by atoms with Crippen LogP contribution in [0.3, 0.4) is 0 Å². The maximum atomic E-state index is 13.2. The first-order valence-electron chi connectivity index (χ1n) is 8.68. The number of rotatable bonds is 4. The van der Waals surface area contributed by atoms with Crippen molar-refractivity contribution in [3.63, 3.8) is 0 Å². The number of fused-ring (bicyclic) bond motifs is 1. The van der Waals surface area contributed by atoms with Gasteiger partial charge in [-0.1, -0.05) is 76.9 Å². The van der Waals surface area contributed by atoms with Gasteiger partial charge in [-0.05, 0) is 42.8 Å². The highest BCUT2D eigenvalue weighted by molar-refractivity contribution is 7.98. The Hall–Kier alpha value is -2.27. The van der Waals surface area contributed by atoms with E-state index < -0.39 is 0 Å². The lowest BCUT2D eigenvalue weighted by molar-refractivity contribution is 0.819. The fraction of sp³-hybridized carbons (Fsp3) is 0.0909. The number of aromatic nitrogens is 2. The molecule has 1 aromatic heterocycles. The van der Waals surface area contributed by atoms with Crippen LogP contribution < -0.4 is 5.56 Å². The van der Waals surface area contributed by atoms with Crippen LogP contribution in [0, 0.1) is 6.92 Å². The van der Waals surface area contributed by atoms with Gasteiger partial charge < -0.3 is 0 Å². The van der Waals surface area contributed by atoms with E-state index in [0.717, 1.165) is 0 Å². The molecule has 3 nitrogen and oxygen atoms in total. The fourth-order valence-corrected chi connectivity index (χ4v) is 4.15. The van der Waals surface area contributed by atoms with Crippen molar-refractivity contribution in [3.8, 4) is 5.69 Å². The third-order valence-electron chi connectivity index (χ3n) is 4.39. The average Bonchev–Trinajstić information content (AvgIpc) is 2.70. The highest BCUT2D eigenvalue weighted by atomic mass is 35.5. The van der Waals surface area contributed by atoms with Crippen molar-refractivity contribution in [1.29, 1.82) is 0 Å². The van der Waals surface area contributed by atoms with Gasteiger partial charge in [0.1, 0.15) is 0 Å². The predicted molar refractivity (Wildman–Crippen MR) is 118 cm³/mol. The van der Waals surface area contributed by atoms with Crippen LogP contribution in [0.5, 0.6) is 0 Å². The van der Waals surface area contributed by atoms with E-state index in [1.54, 1.807) is 28.8 Å². The lowest BCUT2D eigenvalue weighted by Crippen LogP contribution is -2.21. The lowest BCUT2D eigenvalue weighted by Gasteiger charge is -2.14. The zero-order chi connectivity index (χ0) is 19.7. The summed E-state index contributed by atoms with van der Waals surface area (Å²) in [5, 5.41) is 2.02. The quantitative estimate of drug-likeness (QED) is 0.284. The lowest BCUT2D eigenvalue weighted by atomic mass is 10.2. The molecule has 140 valence electrons. The van der Waals surface area contributed by atoms with Gasteiger partial charge in [-0.15, -0.1) is 0 Å². The molecule has 0 bridgehead atoms. The molecule has 28 heavy (non-hydrogen) atoms. The largest absolute Gasteiger partial charge is 0.268 e. The van der Waals surface area contributed by atoms with Crippen molar-refractivity contribution in [3.05, 3.63) is 98.3 Å². The van der Waals surface area contributed by atoms with Gasteiger partial charge in [-0.3, -0.25) is 9.36 Å². The maximum absolute atomic E-state index is 13.2. The Morgan fingerprint density at radius 1 is 0.964 bits per heavy atom. The topological polar surface area (TPSA) is 34.9 Å². The molecule has 0 spiro atoms. The number of nitrogens with zero attached hydrogens (tertiary/aromatic N) is 2. The summed E-state index contributed by atoms with van der Waals surface area (Å²) in [6.07, 6.45) is 0. The monoisotopic (exact) mass is 426 g/mol. The number of para-hydroxylation sites is 1. The second kappa shape index (κ2) is 8.00. The molecule has 0 aliphatic rings. The van der Waals surface area contributed by atoms with Crippen molar-refractivity contribution in [2.24, 2.45) is 0 Å². The molecule has 0 fully saturated rings. The van der Waals surface area contributed by atoms with Crippen LogP contribution in [0.2, 0.25) is 10.0 Å². The van der Waals surface area contributed by atoms with Gasteiger partial charge >= 0.3 is 0 Å². The molecule has 0 atom stereocenters. The summed E-state index contributed by atoms with van der Waals surface area (Å²) in [4.78, 5) is 18.0. The molecule has 0 aliphatic heterocycles. The minimum Gasteiger partial charge on any atom is -0.268 e. The van der Waals surface area contributed by atoms with Crippen LogP contribution in [-0.4, -0.2) is 9.55 Å². The van der Waals surface area contributed by atoms with Crippen molar-refractivity contribution in [2.75, 3.05) is 0 Å². The smallest absolute Gasteiger partial charge is 0.266 e. The Kier molecular flexibility index (Phi) is 5.44. The molecular weight excluding hydrogens is 411 g/mol. The number of aryl methyl sites for hydroxylation is 1. The van der Waals surface area contributed by atoms with E-state index in [0.29, 0.717) is 37.5 Å². The standard InChI is InChI=1S/C22H16Cl2N2OS/c1-14-6-8-15(9-7-14)13-28-22-25-20-5-3-2-4-17(20)21(27)26(22)16-10-11-18(23)19(24)12-16/h2-12H,13H2,1H3. The summed E-state index contributed by atoms with van der Waals surface area (Å²) < 4.78 is 1.60. The molecule has 0 radical (unpaired) electrons. The third kappa shape index (κ3) is 3.81. The summed E-state index contributed by atoms with van der Waals surface area (Å²) in [6, 6.07) is 20.9. The van der Waals surface area contributed by atoms with Crippen LogP contribution in [-0.2, 0) is 5.75 Å². The molecule has 0 unspecified atom stereocenters. The first-order chi connectivity index (χ1) is 13.5. The van der Waals surface area contributed by atoms with Gasteiger partial charge in [0.2, 0.25) is 0 Å². The van der Waals surface area contributed by atoms with Crippen LogP contribution in [0.15, 0.2) is 76.7 Å². The summed E-state index contributed by atoms with van der Waals surface area (Å²) in [7, 11) is 0. The Morgan fingerprint density at radius 3 is 2.46 bits per heavy atom. The van der Waals surface area contributed by atoms with Gasteiger partial charge in [0.05, 0.1) is 26.6 Å². The molecular formula is C22H16Cl2N2OS. The van der Waals surface area contributed by atoms with Gasteiger partial charge in [-0.2, -0.15) is 0 Å². The Labute approximate surface area is 176 Å². The predicted octanol–water partition coefficient (Wildman–Crippen LogP) is 6.29. The van der Waals surface area contributed by atoms with Gasteiger partial charge in [0, 0.05) is 5.75 Å². The molecule has 0 saturated heterocycles. The van der Waals surface area contributed by atoms with Crippen LogP contribution in [0.25, 0.3) is 16.6 Å². The van der Waals surface area contributed by atoms with E-state index in [4.69, 9.17) is 28.2 Å². The zero-order valence-electron chi connectivity index (χ0n) is 15.0. The number of hydrogen-bond acceptors (Lipinski definition) is 3. The summed E-state index contributed by atoms with van der Waals surface area (Å²) >= 11 is 13.8. The minimum absolute atomic E-state index is 0.129. The van der Waals surface area contributed by atoms with Crippen molar-refractivity contribution < 1.29 is 0 Å². The number of benzene rings is 3. The number of thioether (sulfide) groups is 1. The average molecular weight is 427 g/mol. The summed E-state index contributed by atoms with van der Waals surface area (Å²) in [5.74, 6) is 0.701. The Morgan fingerprint density at radius 2 is 1.71 bits per heavy atom. The third-order valence-corrected chi connectivity index (χ3v) is 6.14. The van der Waals surface area contributed by atoms with Gasteiger partial charge in [-0.25, -0.2) is 4.98 Å². The second-order valence-corrected chi connectivity index (χ2v) is 8.18. The highest BCUT2D eigenvalue weighted by Crippen LogP contribution is 2.28. The normalized spacial score (nSPS) is 11.1. The van der Waals surface area contributed by atoms with Gasteiger partial charge in [0.15, 0.2) is 5.16 Å². The van der Waals surface area contributed by atoms with Crippen molar-refractivity contribution >= 4 is 45.9 Å². The van der Waals surface area contributed by atoms with Crippen molar-refractivity contribution in [2.45, 2.75) is 17.8 Å². The van der Waals surface area contributed by atoms with Crippen molar-refractivity contribution in [1.82, 2.24) is 9.55 Å². The SMILES string of the molecule is Cc1ccc(CSc2nc3ccccc3c(=O)n2-c2ccc(Cl)c(Cl)c2)cc1. The number of halogens is 2. The van der Waals surface area contributed by atoms with Crippen LogP contribution in [0.4, 0.5) is 0 Å². The molecule has 6 heteroatoms. The first kappa shape index (κ1) is 19.1. The van der Waals surface area contributed by atoms with E-state index in [2.05, 4.69) is 31.2 Å². The molecule has 0 amide bonds. The van der Waals surface area contributed by atoms with E-state index >= 15 is 0 Å². The molecule has 3 aromatic carbocycles. The van der Waals surface area contributed by atoms with E-state index in [-0.39, 0.29) is 5.56 Å². The molecule has 0 saturated carbocycles. The minimum atomic E-state index is -0.129. The van der Waals surface area contributed by atoms with Gasteiger partial charge in [0.25, 0.3) is 5.56 Å². The molecule has 4 rings (SSSR count). The van der Waals surface area contributed by atoms with Crippen LogP contribution >= 0.6 is 35.0 Å². The zero-order valence-corrected chi connectivity index (χ0v) is 17.4. The summed E-state index contributed by atoms with van der Waals surface area (Å²) in [5.41, 5.74) is 3.57. The van der Waals surface area contributed by atoms with E-state index in [1.165, 1.54) is 22.9 Å².